The fourth-order valence-electron chi connectivity index (χ4n) is 7.01. The van der Waals surface area contributed by atoms with Gasteiger partial charge in [-0.1, -0.05) is 38.1 Å². The molecular formula is C29H38N3O. The van der Waals surface area contributed by atoms with E-state index < -0.39 is 0 Å². The number of hydrogen-bond donors (Lipinski definition) is 2. The summed E-state index contributed by atoms with van der Waals surface area (Å²) < 4.78 is 0. The van der Waals surface area contributed by atoms with E-state index in [-0.39, 0.29) is 5.91 Å². The van der Waals surface area contributed by atoms with Gasteiger partial charge in [0.05, 0.1) is 6.42 Å². The van der Waals surface area contributed by atoms with Crippen LogP contribution >= 0.6 is 0 Å². The van der Waals surface area contributed by atoms with Crippen molar-refractivity contribution in [3.63, 3.8) is 0 Å². The number of carbonyl (C=O) groups excluding carboxylic acids is 1. The number of pyridine rings is 1. The molecule has 33 heavy (non-hydrogen) atoms. The summed E-state index contributed by atoms with van der Waals surface area (Å²) in [4.78, 5) is 18.2. The molecule has 4 aliphatic carbocycles. The van der Waals surface area contributed by atoms with Crippen molar-refractivity contribution in [2.75, 3.05) is 0 Å². The van der Waals surface area contributed by atoms with Crippen LogP contribution in [0.2, 0.25) is 0 Å². The summed E-state index contributed by atoms with van der Waals surface area (Å²) in [6.07, 6.45) is 7.94. The third-order valence-electron chi connectivity index (χ3n) is 8.28. The minimum absolute atomic E-state index is 0.141. The Bertz CT molecular complexity index is 982. The Kier molecular flexibility index (Phi) is 6.30. The fourth-order valence-corrected chi connectivity index (χ4v) is 7.01. The van der Waals surface area contributed by atoms with Gasteiger partial charge in [0.15, 0.2) is 0 Å². The Balaban J connectivity index is 1.39. The maximum atomic E-state index is 13.3. The second kappa shape index (κ2) is 9.21. The number of amides is 1. The van der Waals surface area contributed by atoms with E-state index in [9.17, 15) is 4.79 Å². The van der Waals surface area contributed by atoms with E-state index in [1.807, 2.05) is 6.92 Å². The van der Waals surface area contributed by atoms with Gasteiger partial charge in [-0.05, 0) is 97.3 Å². The zero-order valence-corrected chi connectivity index (χ0v) is 20.4. The van der Waals surface area contributed by atoms with E-state index in [0.717, 1.165) is 51.9 Å². The molecule has 4 bridgehead atoms. The second-order valence-electron chi connectivity index (χ2n) is 11.3. The van der Waals surface area contributed by atoms with Gasteiger partial charge in [0.25, 0.3) is 0 Å². The van der Waals surface area contributed by atoms with Crippen LogP contribution in [0, 0.1) is 42.6 Å². The molecule has 4 saturated carbocycles. The molecule has 4 fully saturated rings. The molecule has 0 saturated heterocycles. The Morgan fingerprint density at radius 3 is 2.30 bits per heavy atom. The topological polar surface area (TPSA) is 68.0 Å². The highest BCUT2D eigenvalue weighted by Gasteiger charge is 2.48. The van der Waals surface area contributed by atoms with Crippen LogP contribution in [0.15, 0.2) is 24.3 Å². The average molecular weight is 445 g/mol. The molecule has 2 aromatic rings. The molecule has 0 unspecified atom stereocenters. The van der Waals surface area contributed by atoms with Crippen LogP contribution in [0.4, 0.5) is 0 Å². The summed E-state index contributed by atoms with van der Waals surface area (Å²) in [5, 5.41) is 3.48. The fraction of sp³-hybridized carbons (Fsp3) is 0.586. The first-order valence-corrected chi connectivity index (χ1v) is 12.9. The van der Waals surface area contributed by atoms with E-state index in [0.29, 0.717) is 36.8 Å². The van der Waals surface area contributed by atoms with Gasteiger partial charge < -0.3 is 11.1 Å². The molecule has 4 nitrogen and oxygen atoms in total. The number of nitrogens with two attached hydrogens (primary N) is 1. The van der Waals surface area contributed by atoms with Gasteiger partial charge in [-0.3, -0.25) is 9.78 Å². The first-order chi connectivity index (χ1) is 15.9. The number of benzene rings is 1. The maximum absolute atomic E-state index is 13.3. The molecule has 0 aliphatic heterocycles. The Morgan fingerprint density at radius 1 is 1.09 bits per heavy atom. The van der Waals surface area contributed by atoms with Gasteiger partial charge in [0.1, 0.15) is 0 Å². The van der Waals surface area contributed by atoms with Gasteiger partial charge in [0.2, 0.25) is 5.91 Å². The molecule has 4 aliphatic rings. The summed E-state index contributed by atoms with van der Waals surface area (Å²) in [5.41, 5.74) is 11.9. The monoisotopic (exact) mass is 444 g/mol. The number of nitrogens with zero attached hydrogens (tertiary/aromatic N) is 1. The molecule has 1 aromatic carbocycles. The zero-order chi connectivity index (χ0) is 23.1. The molecule has 1 heterocycles. The summed E-state index contributed by atoms with van der Waals surface area (Å²) in [6, 6.07) is 12.3. The molecular weight excluding hydrogens is 406 g/mol. The number of aromatic nitrogens is 1. The van der Waals surface area contributed by atoms with Crippen LogP contribution in [0.1, 0.15) is 68.5 Å². The van der Waals surface area contributed by atoms with E-state index in [1.54, 1.807) is 0 Å². The van der Waals surface area contributed by atoms with E-state index in [4.69, 9.17) is 10.7 Å². The van der Waals surface area contributed by atoms with Crippen molar-refractivity contribution in [2.45, 2.75) is 78.3 Å². The smallest absolute Gasteiger partial charge is 0.224 e. The van der Waals surface area contributed by atoms with Crippen molar-refractivity contribution in [1.29, 1.82) is 0 Å². The predicted molar refractivity (Wildman–Crippen MR) is 132 cm³/mol. The molecule has 1 amide bonds. The lowest BCUT2D eigenvalue weighted by Gasteiger charge is -2.54. The van der Waals surface area contributed by atoms with E-state index in [1.165, 1.54) is 32.1 Å². The highest BCUT2D eigenvalue weighted by molar-refractivity contribution is 5.82. The van der Waals surface area contributed by atoms with Crippen molar-refractivity contribution in [3.05, 3.63) is 52.8 Å². The van der Waals surface area contributed by atoms with Crippen LogP contribution in [-0.2, 0) is 24.2 Å². The summed E-state index contributed by atoms with van der Waals surface area (Å²) in [6.45, 7) is 6.97. The minimum atomic E-state index is 0.141. The maximum Gasteiger partial charge on any atom is 0.224 e. The standard InChI is InChI=1S/C29H38N3O/c1-17(2)8-25-14-27(22-6-4-19(16-30)5-7-22)26(18(3)31-25)15-28(33)32-29-23-10-20-9-21(12-23)13-24(29)11-20/h4-7,17,20-21,23-24,29H,8-13,15-16,30H2,1-3H3,(H,32,33). The van der Waals surface area contributed by atoms with Crippen LogP contribution in [0.25, 0.3) is 11.1 Å². The number of rotatable bonds is 7. The molecule has 175 valence electrons. The van der Waals surface area contributed by atoms with Crippen LogP contribution < -0.4 is 11.1 Å². The Morgan fingerprint density at radius 2 is 1.73 bits per heavy atom. The molecule has 1 aromatic heterocycles. The van der Waals surface area contributed by atoms with Crippen molar-refractivity contribution in [3.8, 4) is 11.1 Å². The quantitative estimate of drug-likeness (QED) is 0.632. The van der Waals surface area contributed by atoms with Gasteiger partial charge in [0, 0.05) is 30.0 Å². The van der Waals surface area contributed by atoms with Crippen molar-refractivity contribution >= 4 is 5.91 Å². The zero-order valence-electron chi connectivity index (χ0n) is 20.4. The summed E-state index contributed by atoms with van der Waals surface area (Å²) in [7, 11) is 0. The Hall–Kier alpha value is -2.20. The lowest BCUT2D eigenvalue weighted by Crippen LogP contribution is -2.56. The minimum Gasteiger partial charge on any atom is -0.353 e. The lowest BCUT2D eigenvalue weighted by atomic mass is 9.54. The van der Waals surface area contributed by atoms with Crippen LogP contribution in [0.5, 0.6) is 0 Å². The summed E-state index contributed by atoms with van der Waals surface area (Å²) in [5.74, 6) is 3.85. The third-order valence-corrected chi connectivity index (χ3v) is 8.28. The highest BCUT2D eigenvalue weighted by atomic mass is 16.1. The SMILES string of the molecule is Cc1nc(CC(C)C)[c]c(-c2ccc(CN)cc2)c1CC(=O)NC1C2CC3CC(C2)CC1C3. The van der Waals surface area contributed by atoms with Gasteiger partial charge in [-0.25, -0.2) is 0 Å². The van der Waals surface area contributed by atoms with Gasteiger partial charge in [-0.15, -0.1) is 0 Å². The van der Waals surface area contributed by atoms with Crippen LogP contribution in [0.3, 0.4) is 0 Å². The predicted octanol–water partition coefficient (Wildman–Crippen LogP) is 5.00. The molecule has 0 spiro atoms. The lowest BCUT2D eigenvalue weighted by molar-refractivity contribution is -0.124. The number of nitrogens with one attached hydrogen (secondary N) is 1. The van der Waals surface area contributed by atoms with Crippen molar-refractivity contribution < 1.29 is 4.79 Å². The van der Waals surface area contributed by atoms with Gasteiger partial charge in [-0.2, -0.15) is 0 Å². The third kappa shape index (κ3) is 4.73. The second-order valence-corrected chi connectivity index (χ2v) is 11.3. The largest absolute Gasteiger partial charge is 0.353 e. The number of carbonyl (C=O) groups is 1. The van der Waals surface area contributed by atoms with E-state index >= 15 is 0 Å². The number of aryl methyl sites for hydroxylation is 1. The van der Waals surface area contributed by atoms with Crippen molar-refractivity contribution in [2.24, 2.45) is 35.3 Å². The molecule has 4 heteroatoms. The summed E-state index contributed by atoms with van der Waals surface area (Å²) >= 11 is 0. The van der Waals surface area contributed by atoms with E-state index in [2.05, 4.69) is 49.5 Å². The number of hydrogen-bond acceptors (Lipinski definition) is 3. The first kappa shape index (κ1) is 22.6. The molecule has 6 rings (SSSR count). The molecule has 3 N–H and O–H groups in total. The normalized spacial score (nSPS) is 27.8. The molecule has 1 radical (unpaired) electrons. The van der Waals surface area contributed by atoms with Crippen molar-refractivity contribution in [1.82, 2.24) is 10.3 Å². The van der Waals surface area contributed by atoms with Gasteiger partial charge >= 0.3 is 0 Å². The highest BCUT2D eigenvalue weighted by Crippen LogP contribution is 2.53. The molecule has 0 atom stereocenters. The Labute approximate surface area is 198 Å². The average Bonchev–Trinajstić information content (AvgIpc) is 2.77. The first-order valence-electron chi connectivity index (χ1n) is 12.9. The van der Waals surface area contributed by atoms with Crippen LogP contribution in [-0.4, -0.2) is 16.9 Å².